The first-order valence-electron chi connectivity index (χ1n) is 3.21. The van der Waals surface area contributed by atoms with E-state index in [0.29, 0.717) is 0 Å². The summed E-state index contributed by atoms with van der Waals surface area (Å²) in [6.07, 6.45) is 1.78. The molecule has 0 saturated carbocycles. The van der Waals surface area contributed by atoms with Crippen LogP contribution in [0.15, 0.2) is 24.4 Å². The van der Waals surface area contributed by atoms with Crippen LogP contribution >= 0.6 is 0 Å². The molecule has 0 bridgehead atoms. The van der Waals surface area contributed by atoms with Crippen LogP contribution in [0.5, 0.6) is 0 Å². The van der Waals surface area contributed by atoms with Crippen molar-refractivity contribution in [3.8, 4) is 0 Å². The first-order valence-corrected chi connectivity index (χ1v) is 3.21. The molecule has 0 aliphatic rings. The molecule has 0 spiro atoms. The molecular weight excluding hydrogens is 310 g/mol. The topological polar surface area (TPSA) is 27.0 Å². The molecule has 2 nitrogen and oxygen atoms in total. The van der Waals surface area contributed by atoms with Gasteiger partial charge in [0.1, 0.15) is 0 Å². The summed E-state index contributed by atoms with van der Waals surface area (Å²) in [5, 5.41) is 8.83. The van der Waals surface area contributed by atoms with Gasteiger partial charge in [-0.15, -0.1) is 5.52 Å². The summed E-state index contributed by atoms with van der Waals surface area (Å²) in [7, 11) is 0. The van der Waals surface area contributed by atoms with E-state index in [9.17, 15) is 0 Å². The van der Waals surface area contributed by atoms with Crippen LogP contribution in [0.25, 0.3) is 10.9 Å². The van der Waals surface area contributed by atoms with Crippen molar-refractivity contribution in [1.82, 2.24) is 10.2 Å². The summed E-state index contributed by atoms with van der Waals surface area (Å²) in [6, 6.07) is 6.10. The van der Waals surface area contributed by atoms with E-state index in [1.165, 1.54) is 5.56 Å². The van der Waals surface area contributed by atoms with Crippen molar-refractivity contribution in [2.24, 2.45) is 0 Å². The van der Waals surface area contributed by atoms with E-state index < -0.39 is 0 Å². The monoisotopic (exact) mass is 318 g/mol. The summed E-state index contributed by atoms with van der Waals surface area (Å²) in [5.41, 5.74) is 2.23. The van der Waals surface area contributed by atoms with Gasteiger partial charge >= 0.3 is 0 Å². The van der Waals surface area contributed by atoms with Gasteiger partial charge in [-0.3, -0.25) is 0 Å². The minimum atomic E-state index is 0. The first kappa shape index (κ1) is 8.45. The second-order valence-corrected chi connectivity index (χ2v) is 2.41. The Bertz CT molecular complexity index is 354. The number of aryl methyl sites for hydroxylation is 1. The average molecular weight is 317 g/mol. The van der Waals surface area contributed by atoms with Crippen molar-refractivity contribution in [3.63, 3.8) is 0 Å². The molecule has 11 heavy (non-hydrogen) atoms. The van der Waals surface area contributed by atoms with Gasteiger partial charge in [-0.2, -0.15) is 0 Å². The van der Waals surface area contributed by atoms with E-state index in [1.807, 2.05) is 12.1 Å². The first-order chi connectivity index (χ1) is 4.86. The fourth-order valence-corrected chi connectivity index (χ4v) is 1.02. The molecule has 1 heterocycles. The number of nitrogens with zero attached hydrogens (tertiary/aromatic N) is 2. The zero-order valence-electron chi connectivity index (χ0n) is 6.08. The Labute approximate surface area is 78.7 Å². The van der Waals surface area contributed by atoms with Crippen LogP contribution in [0.1, 0.15) is 5.56 Å². The number of hydrogen-bond donors (Lipinski definition) is 0. The summed E-state index contributed by atoms with van der Waals surface area (Å²) in [6.45, 7) is 2.06. The molecule has 0 N–H and O–H groups in total. The summed E-state index contributed by atoms with van der Waals surface area (Å²) < 4.78 is 0. The Balaban J connectivity index is 0.000000605. The van der Waals surface area contributed by atoms with Crippen molar-refractivity contribution >= 4 is 10.9 Å². The maximum atomic E-state index is 3.91. The zero-order valence-corrected chi connectivity index (χ0v) is 8.80. The molecule has 1 aromatic heterocycles. The van der Waals surface area contributed by atoms with Gasteiger partial charge < -0.3 is 10.2 Å². The Morgan fingerprint density at radius 2 is 2.18 bits per heavy atom. The number of benzene rings is 1. The van der Waals surface area contributed by atoms with Gasteiger partial charge in [-0.05, 0) is 12.3 Å². The summed E-state index contributed by atoms with van der Waals surface area (Å²) in [4.78, 5) is 0. The predicted octanol–water partition coefficient (Wildman–Crippen LogP) is 1.50. The van der Waals surface area contributed by atoms with E-state index in [4.69, 9.17) is 0 Å². The van der Waals surface area contributed by atoms with Crippen molar-refractivity contribution in [1.29, 1.82) is 0 Å². The smallest absolute Gasteiger partial charge is 0.00987 e. The van der Waals surface area contributed by atoms with Crippen molar-refractivity contribution < 1.29 is 20.4 Å². The van der Waals surface area contributed by atoms with Crippen molar-refractivity contribution in [2.75, 3.05) is 0 Å². The zero-order chi connectivity index (χ0) is 6.97. The van der Waals surface area contributed by atoms with E-state index >= 15 is 0 Å². The Morgan fingerprint density at radius 3 is 3.00 bits per heavy atom. The standard InChI is InChI=1S/C8H7N2.Re/c1-6-2-3-8-7(4-6)5-9-10-8;/h2-5H,1H3;/q-1;. The Hall–Kier alpha value is -0.648. The van der Waals surface area contributed by atoms with Gasteiger partial charge in [-0.25, -0.2) is 0 Å². The van der Waals surface area contributed by atoms with E-state index in [-0.39, 0.29) is 20.4 Å². The van der Waals surface area contributed by atoms with Gasteiger partial charge in [-0.1, -0.05) is 23.8 Å². The van der Waals surface area contributed by atoms with Crippen molar-refractivity contribution in [2.45, 2.75) is 6.92 Å². The molecule has 0 aliphatic carbocycles. The molecule has 1 radical (unpaired) electrons. The van der Waals surface area contributed by atoms with E-state index in [0.717, 1.165) is 10.9 Å². The second-order valence-electron chi connectivity index (χ2n) is 2.41. The molecule has 0 aliphatic heterocycles. The van der Waals surface area contributed by atoms with Gasteiger partial charge in [0.25, 0.3) is 0 Å². The van der Waals surface area contributed by atoms with E-state index in [2.05, 4.69) is 23.2 Å². The molecule has 0 atom stereocenters. The van der Waals surface area contributed by atoms with Crippen LogP contribution in [0.4, 0.5) is 0 Å². The normalized spacial score (nSPS) is 9.55. The quantitative estimate of drug-likeness (QED) is 0.736. The second kappa shape index (κ2) is 3.17. The summed E-state index contributed by atoms with van der Waals surface area (Å²) in [5.74, 6) is 0. The Morgan fingerprint density at radius 1 is 1.36 bits per heavy atom. The van der Waals surface area contributed by atoms with Crippen LogP contribution in [0.2, 0.25) is 0 Å². The number of aromatic nitrogens is 2. The fourth-order valence-electron chi connectivity index (χ4n) is 1.02. The molecule has 0 saturated heterocycles. The number of hydrogen-bond acceptors (Lipinski definition) is 1. The molecule has 2 aromatic rings. The number of rotatable bonds is 0. The van der Waals surface area contributed by atoms with Gasteiger partial charge in [0.15, 0.2) is 0 Å². The molecule has 0 fully saturated rings. The predicted molar refractivity (Wildman–Crippen MR) is 39.8 cm³/mol. The van der Waals surface area contributed by atoms with Gasteiger partial charge in [0, 0.05) is 26.6 Å². The molecule has 0 amide bonds. The van der Waals surface area contributed by atoms with Crippen LogP contribution in [-0.4, -0.2) is 5.10 Å². The maximum Gasteiger partial charge on any atom is 0.00987 e. The maximum absolute atomic E-state index is 3.91. The van der Waals surface area contributed by atoms with Gasteiger partial charge in [0.05, 0.1) is 0 Å². The third-order valence-electron chi connectivity index (χ3n) is 1.55. The van der Waals surface area contributed by atoms with Crippen LogP contribution in [-0.2, 0) is 20.4 Å². The van der Waals surface area contributed by atoms with Crippen LogP contribution in [0, 0.1) is 6.92 Å². The molecule has 0 unspecified atom stereocenters. The molecule has 57 valence electrons. The largest absolute Gasteiger partial charge is 0.575 e. The molecule has 3 heteroatoms. The Kier molecular flexibility index (Phi) is 2.43. The van der Waals surface area contributed by atoms with Gasteiger partial charge in [0.2, 0.25) is 0 Å². The molecule has 2 rings (SSSR count). The third kappa shape index (κ3) is 1.50. The third-order valence-corrected chi connectivity index (χ3v) is 1.55. The average Bonchev–Trinajstić information content (AvgIpc) is 2.33. The van der Waals surface area contributed by atoms with Crippen LogP contribution < -0.4 is 5.10 Å². The minimum Gasteiger partial charge on any atom is -0.575 e. The minimum absolute atomic E-state index is 0. The van der Waals surface area contributed by atoms with Crippen molar-refractivity contribution in [3.05, 3.63) is 30.0 Å². The van der Waals surface area contributed by atoms with Crippen LogP contribution in [0.3, 0.4) is 0 Å². The fraction of sp³-hybridized carbons (Fsp3) is 0.125. The molecule has 1 aromatic carbocycles. The molecular formula is C8H7N2Re-. The SMILES string of the molecule is Cc1ccc2[n-]ncc2c1.[Re]. The number of fused-ring (bicyclic) bond motifs is 1. The van der Waals surface area contributed by atoms with E-state index in [1.54, 1.807) is 6.20 Å². The summed E-state index contributed by atoms with van der Waals surface area (Å²) >= 11 is 0.